The highest BCUT2D eigenvalue weighted by molar-refractivity contribution is 4.75. The summed E-state index contributed by atoms with van der Waals surface area (Å²) in [6.45, 7) is 4.84. The normalized spacial score (nSPS) is 31.9. The highest BCUT2D eigenvalue weighted by atomic mass is 14.3. The van der Waals surface area contributed by atoms with Gasteiger partial charge in [-0.3, -0.25) is 0 Å². The Morgan fingerprint density at radius 2 is 0.955 bits per heavy atom. The topological polar surface area (TPSA) is 0 Å². The van der Waals surface area contributed by atoms with Crippen molar-refractivity contribution in [3.8, 4) is 0 Å². The molecule has 130 valence electrons. The number of hydrogen-bond acceptors (Lipinski definition) is 0. The van der Waals surface area contributed by atoms with E-state index in [0.717, 1.165) is 23.7 Å². The molecule has 2 aliphatic rings. The molecule has 2 aliphatic carbocycles. The molecule has 0 aromatic carbocycles. The summed E-state index contributed by atoms with van der Waals surface area (Å²) in [5.74, 6) is 4.26. The molecule has 0 aromatic rings. The third-order valence-electron chi connectivity index (χ3n) is 6.58. The second kappa shape index (κ2) is 10.7. The van der Waals surface area contributed by atoms with E-state index in [9.17, 15) is 0 Å². The van der Waals surface area contributed by atoms with E-state index in [1.807, 2.05) is 0 Å². The highest BCUT2D eigenvalue weighted by Crippen LogP contribution is 2.36. The van der Waals surface area contributed by atoms with E-state index in [2.05, 4.69) is 13.8 Å². The predicted molar refractivity (Wildman–Crippen MR) is 99.2 cm³/mol. The molecule has 0 saturated heterocycles. The van der Waals surface area contributed by atoms with Gasteiger partial charge in [0.05, 0.1) is 0 Å². The maximum Gasteiger partial charge on any atom is -0.0409 e. The third kappa shape index (κ3) is 7.51. The Morgan fingerprint density at radius 1 is 0.500 bits per heavy atom. The zero-order valence-electron chi connectivity index (χ0n) is 15.6. The maximum absolute atomic E-state index is 2.43. The standard InChI is InChI=1S/C22H42/c1-19-13-15-21(16-14-19)11-9-7-5-3-4-6-8-10-12-22-17-20(2)18-22/h19-22H,3-18H2,1-2H3. The third-order valence-corrected chi connectivity index (χ3v) is 6.58. The Bertz CT molecular complexity index is 255. The van der Waals surface area contributed by atoms with Crippen molar-refractivity contribution in [1.29, 1.82) is 0 Å². The molecule has 0 bridgehead atoms. The predicted octanol–water partition coefficient (Wildman–Crippen LogP) is 7.76. The van der Waals surface area contributed by atoms with Crippen molar-refractivity contribution in [3.05, 3.63) is 0 Å². The van der Waals surface area contributed by atoms with Gasteiger partial charge in [0.25, 0.3) is 0 Å². The lowest BCUT2D eigenvalue weighted by molar-refractivity contribution is 0.195. The molecular formula is C22H42. The van der Waals surface area contributed by atoms with Crippen LogP contribution in [0.5, 0.6) is 0 Å². The van der Waals surface area contributed by atoms with Crippen LogP contribution in [0, 0.1) is 23.7 Å². The van der Waals surface area contributed by atoms with Gasteiger partial charge in [-0.05, 0) is 36.5 Å². The Kier molecular flexibility index (Phi) is 8.93. The minimum atomic E-state index is 1.02. The van der Waals surface area contributed by atoms with Crippen LogP contribution in [-0.4, -0.2) is 0 Å². The Balaban J connectivity index is 1.27. The summed E-state index contributed by atoms with van der Waals surface area (Å²) < 4.78 is 0. The fraction of sp³-hybridized carbons (Fsp3) is 1.00. The van der Waals surface area contributed by atoms with Crippen LogP contribution in [0.1, 0.15) is 117 Å². The minimum absolute atomic E-state index is 1.02. The molecule has 22 heavy (non-hydrogen) atoms. The zero-order valence-corrected chi connectivity index (χ0v) is 15.6. The van der Waals surface area contributed by atoms with Crippen LogP contribution in [-0.2, 0) is 0 Å². The van der Waals surface area contributed by atoms with Gasteiger partial charge >= 0.3 is 0 Å². The van der Waals surface area contributed by atoms with Crippen molar-refractivity contribution in [3.63, 3.8) is 0 Å². The van der Waals surface area contributed by atoms with Crippen molar-refractivity contribution in [2.75, 3.05) is 0 Å². The summed E-state index contributed by atoms with van der Waals surface area (Å²) in [4.78, 5) is 0. The molecular weight excluding hydrogens is 264 g/mol. The van der Waals surface area contributed by atoms with Crippen LogP contribution >= 0.6 is 0 Å². The molecule has 0 heterocycles. The van der Waals surface area contributed by atoms with E-state index < -0.39 is 0 Å². The van der Waals surface area contributed by atoms with Crippen LogP contribution in [0.4, 0.5) is 0 Å². The maximum atomic E-state index is 2.43. The first-order valence-electron chi connectivity index (χ1n) is 10.7. The second-order valence-corrected chi connectivity index (χ2v) is 8.97. The SMILES string of the molecule is CC1CCC(CCCCCCCCCCC2CC(C)C2)CC1. The Labute approximate surface area is 140 Å². The van der Waals surface area contributed by atoms with Crippen molar-refractivity contribution >= 4 is 0 Å². The van der Waals surface area contributed by atoms with Crippen molar-refractivity contribution in [2.24, 2.45) is 23.7 Å². The molecule has 2 fully saturated rings. The summed E-state index contributed by atoms with van der Waals surface area (Å²) in [6, 6.07) is 0. The molecule has 0 unspecified atom stereocenters. The number of rotatable bonds is 11. The van der Waals surface area contributed by atoms with E-state index in [0.29, 0.717) is 0 Å². The first kappa shape index (κ1) is 18.3. The van der Waals surface area contributed by atoms with Gasteiger partial charge in [-0.1, -0.05) is 104 Å². The first-order chi connectivity index (χ1) is 10.7. The van der Waals surface area contributed by atoms with Crippen LogP contribution in [0.15, 0.2) is 0 Å². The van der Waals surface area contributed by atoms with E-state index >= 15 is 0 Å². The molecule has 0 aromatic heterocycles. The molecule has 0 aliphatic heterocycles. The summed E-state index contributed by atoms with van der Waals surface area (Å²) in [7, 11) is 0. The monoisotopic (exact) mass is 306 g/mol. The fourth-order valence-corrected chi connectivity index (χ4v) is 4.85. The van der Waals surface area contributed by atoms with Crippen LogP contribution < -0.4 is 0 Å². The quantitative estimate of drug-likeness (QED) is 0.342. The summed E-state index contributed by atoms with van der Waals surface area (Å²) in [5.41, 5.74) is 0. The van der Waals surface area contributed by atoms with Crippen molar-refractivity contribution in [2.45, 2.75) is 117 Å². The van der Waals surface area contributed by atoms with Crippen LogP contribution in [0.25, 0.3) is 0 Å². The van der Waals surface area contributed by atoms with Gasteiger partial charge < -0.3 is 0 Å². The molecule has 0 amide bonds. The van der Waals surface area contributed by atoms with E-state index in [1.165, 1.54) is 103 Å². The van der Waals surface area contributed by atoms with E-state index in [4.69, 9.17) is 0 Å². The summed E-state index contributed by atoms with van der Waals surface area (Å²) >= 11 is 0. The van der Waals surface area contributed by atoms with E-state index in [1.54, 1.807) is 0 Å². The highest BCUT2D eigenvalue weighted by Gasteiger charge is 2.24. The largest absolute Gasteiger partial charge is 0.0625 e. The number of unbranched alkanes of at least 4 members (excludes halogenated alkanes) is 7. The lowest BCUT2D eigenvalue weighted by atomic mass is 9.74. The van der Waals surface area contributed by atoms with Crippen molar-refractivity contribution in [1.82, 2.24) is 0 Å². The Morgan fingerprint density at radius 3 is 1.45 bits per heavy atom. The van der Waals surface area contributed by atoms with Gasteiger partial charge in [0.2, 0.25) is 0 Å². The number of hydrogen-bond donors (Lipinski definition) is 0. The molecule has 0 heteroatoms. The van der Waals surface area contributed by atoms with Gasteiger partial charge in [-0.15, -0.1) is 0 Å². The zero-order chi connectivity index (χ0) is 15.6. The van der Waals surface area contributed by atoms with Crippen LogP contribution in [0.2, 0.25) is 0 Å². The molecule has 0 N–H and O–H groups in total. The molecule has 2 saturated carbocycles. The molecule has 0 spiro atoms. The summed E-state index contributed by atoms with van der Waals surface area (Å²) in [6.07, 6.45) is 24.2. The molecule has 0 radical (unpaired) electrons. The average Bonchev–Trinajstić information content (AvgIpc) is 2.49. The van der Waals surface area contributed by atoms with Gasteiger partial charge in [0, 0.05) is 0 Å². The van der Waals surface area contributed by atoms with E-state index in [-0.39, 0.29) is 0 Å². The van der Waals surface area contributed by atoms with Crippen LogP contribution in [0.3, 0.4) is 0 Å². The average molecular weight is 307 g/mol. The van der Waals surface area contributed by atoms with Crippen molar-refractivity contribution < 1.29 is 0 Å². The van der Waals surface area contributed by atoms with Gasteiger partial charge in [0.1, 0.15) is 0 Å². The first-order valence-corrected chi connectivity index (χ1v) is 10.7. The smallest absolute Gasteiger partial charge is 0.0409 e. The summed E-state index contributed by atoms with van der Waals surface area (Å²) in [5, 5.41) is 0. The molecule has 0 nitrogen and oxygen atoms in total. The minimum Gasteiger partial charge on any atom is -0.0625 e. The fourth-order valence-electron chi connectivity index (χ4n) is 4.85. The molecule has 0 atom stereocenters. The van der Waals surface area contributed by atoms with Gasteiger partial charge in [0.15, 0.2) is 0 Å². The Hall–Kier alpha value is 0. The van der Waals surface area contributed by atoms with Gasteiger partial charge in [-0.2, -0.15) is 0 Å². The lowest BCUT2D eigenvalue weighted by Crippen LogP contribution is -2.20. The lowest BCUT2D eigenvalue weighted by Gasteiger charge is -2.32. The molecule has 2 rings (SSSR count). The second-order valence-electron chi connectivity index (χ2n) is 8.97. The van der Waals surface area contributed by atoms with Gasteiger partial charge in [-0.25, -0.2) is 0 Å².